The van der Waals surface area contributed by atoms with Crippen molar-refractivity contribution in [2.45, 2.75) is 57.2 Å². The lowest BCUT2D eigenvalue weighted by atomic mass is 9.79. The van der Waals surface area contributed by atoms with Gasteiger partial charge in [0.05, 0.1) is 5.69 Å². The van der Waals surface area contributed by atoms with Crippen LogP contribution in [0.1, 0.15) is 44.7 Å². The second kappa shape index (κ2) is 5.55. The highest BCUT2D eigenvalue weighted by Crippen LogP contribution is 2.32. The van der Waals surface area contributed by atoms with E-state index in [0.717, 1.165) is 25.3 Å². The van der Waals surface area contributed by atoms with E-state index < -0.39 is 0 Å². The summed E-state index contributed by atoms with van der Waals surface area (Å²) in [4.78, 5) is 11.0. The molecule has 1 unspecified atom stereocenters. The SMILES string of the molecule is CC1CNC2(CCCCC2)CN1Cc1ccncn1. The van der Waals surface area contributed by atoms with Crippen LogP contribution in [0, 0.1) is 0 Å². The normalized spacial score (nSPS) is 27.5. The zero-order valence-electron chi connectivity index (χ0n) is 11.8. The molecule has 1 aliphatic heterocycles. The topological polar surface area (TPSA) is 41.0 Å². The smallest absolute Gasteiger partial charge is 0.115 e. The molecule has 4 nitrogen and oxygen atoms in total. The maximum atomic E-state index is 4.37. The van der Waals surface area contributed by atoms with Crippen molar-refractivity contribution in [3.05, 3.63) is 24.3 Å². The Balaban J connectivity index is 1.69. The summed E-state index contributed by atoms with van der Waals surface area (Å²) in [5.74, 6) is 0. The molecule has 0 aromatic carbocycles. The number of aromatic nitrogens is 2. The van der Waals surface area contributed by atoms with Crippen molar-refractivity contribution < 1.29 is 0 Å². The average Bonchev–Trinajstić information content (AvgIpc) is 2.45. The van der Waals surface area contributed by atoms with Gasteiger partial charge in [-0.2, -0.15) is 0 Å². The summed E-state index contributed by atoms with van der Waals surface area (Å²) in [5, 5.41) is 3.83. The van der Waals surface area contributed by atoms with E-state index in [1.807, 2.05) is 12.3 Å². The minimum Gasteiger partial charge on any atom is -0.308 e. The highest BCUT2D eigenvalue weighted by molar-refractivity contribution is 5.03. The van der Waals surface area contributed by atoms with E-state index in [1.165, 1.54) is 32.1 Å². The summed E-state index contributed by atoms with van der Waals surface area (Å²) in [7, 11) is 0. The zero-order valence-corrected chi connectivity index (χ0v) is 11.8. The molecule has 1 aromatic rings. The average molecular weight is 260 g/mol. The van der Waals surface area contributed by atoms with Crippen LogP contribution in [0.4, 0.5) is 0 Å². The maximum Gasteiger partial charge on any atom is 0.115 e. The van der Waals surface area contributed by atoms with Gasteiger partial charge in [-0.25, -0.2) is 9.97 Å². The van der Waals surface area contributed by atoms with Crippen LogP contribution < -0.4 is 5.32 Å². The summed E-state index contributed by atoms with van der Waals surface area (Å²) < 4.78 is 0. The summed E-state index contributed by atoms with van der Waals surface area (Å²) in [6.07, 6.45) is 10.3. The van der Waals surface area contributed by atoms with Crippen LogP contribution in [0.2, 0.25) is 0 Å². The van der Waals surface area contributed by atoms with Gasteiger partial charge in [-0.3, -0.25) is 4.90 Å². The molecule has 3 rings (SSSR count). The second-order valence-corrected chi connectivity index (χ2v) is 6.18. The molecule has 0 bridgehead atoms. The van der Waals surface area contributed by atoms with Crippen molar-refractivity contribution in [3.63, 3.8) is 0 Å². The molecule has 1 aromatic heterocycles. The van der Waals surface area contributed by atoms with Crippen LogP contribution in [-0.2, 0) is 6.54 Å². The number of piperazine rings is 1. The largest absolute Gasteiger partial charge is 0.308 e. The number of nitrogens with zero attached hydrogens (tertiary/aromatic N) is 3. The van der Waals surface area contributed by atoms with Crippen molar-refractivity contribution in [3.8, 4) is 0 Å². The van der Waals surface area contributed by atoms with Crippen LogP contribution in [-0.4, -0.2) is 39.5 Å². The quantitative estimate of drug-likeness (QED) is 0.882. The molecule has 1 N–H and O–H groups in total. The predicted octanol–water partition coefficient (Wildman–Crippen LogP) is 1.97. The van der Waals surface area contributed by atoms with E-state index in [4.69, 9.17) is 0 Å². The third-order valence-electron chi connectivity index (χ3n) is 4.72. The number of hydrogen-bond acceptors (Lipinski definition) is 4. The Morgan fingerprint density at radius 1 is 1.37 bits per heavy atom. The second-order valence-electron chi connectivity index (χ2n) is 6.18. The molecule has 2 fully saturated rings. The molecule has 1 spiro atoms. The van der Waals surface area contributed by atoms with Crippen molar-refractivity contribution in [1.29, 1.82) is 0 Å². The highest BCUT2D eigenvalue weighted by atomic mass is 15.3. The molecule has 104 valence electrons. The number of nitrogens with one attached hydrogen (secondary N) is 1. The molecule has 1 saturated carbocycles. The highest BCUT2D eigenvalue weighted by Gasteiger charge is 2.38. The van der Waals surface area contributed by atoms with Gasteiger partial charge in [-0.15, -0.1) is 0 Å². The van der Waals surface area contributed by atoms with Gasteiger partial charge in [0.1, 0.15) is 6.33 Å². The third kappa shape index (κ3) is 2.95. The van der Waals surface area contributed by atoms with E-state index in [-0.39, 0.29) is 0 Å². The van der Waals surface area contributed by atoms with Gasteiger partial charge in [-0.05, 0) is 25.8 Å². The molecule has 19 heavy (non-hydrogen) atoms. The van der Waals surface area contributed by atoms with Crippen LogP contribution in [0.15, 0.2) is 18.6 Å². The van der Waals surface area contributed by atoms with Crippen LogP contribution in [0.25, 0.3) is 0 Å². The van der Waals surface area contributed by atoms with Crippen LogP contribution >= 0.6 is 0 Å². The first kappa shape index (κ1) is 13.0. The first-order valence-electron chi connectivity index (χ1n) is 7.51. The van der Waals surface area contributed by atoms with Gasteiger partial charge in [0.2, 0.25) is 0 Å². The molecular weight excluding hydrogens is 236 g/mol. The predicted molar refractivity (Wildman–Crippen MR) is 75.7 cm³/mol. The minimum atomic E-state index is 0.373. The molecule has 2 aliphatic rings. The fourth-order valence-electron chi connectivity index (χ4n) is 3.49. The van der Waals surface area contributed by atoms with E-state index >= 15 is 0 Å². The lowest BCUT2D eigenvalue weighted by molar-refractivity contribution is 0.0564. The summed E-state index contributed by atoms with van der Waals surface area (Å²) in [6, 6.07) is 2.62. The molecule has 2 heterocycles. The third-order valence-corrected chi connectivity index (χ3v) is 4.72. The fraction of sp³-hybridized carbons (Fsp3) is 0.733. The van der Waals surface area contributed by atoms with E-state index in [9.17, 15) is 0 Å². The Bertz CT molecular complexity index is 400. The van der Waals surface area contributed by atoms with Gasteiger partial charge in [-0.1, -0.05) is 19.3 Å². The standard InChI is InChI=1S/C15H24N4/c1-13-9-18-15(6-3-2-4-7-15)11-19(13)10-14-5-8-16-12-17-14/h5,8,12-13,18H,2-4,6-7,9-11H2,1H3. The van der Waals surface area contributed by atoms with Crippen LogP contribution in [0.5, 0.6) is 0 Å². The minimum absolute atomic E-state index is 0.373. The summed E-state index contributed by atoms with van der Waals surface area (Å²) in [6.45, 7) is 5.53. The first-order valence-corrected chi connectivity index (χ1v) is 7.51. The molecular formula is C15H24N4. The monoisotopic (exact) mass is 260 g/mol. The van der Waals surface area contributed by atoms with Crippen molar-refractivity contribution in [2.75, 3.05) is 13.1 Å². The zero-order chi connectivity index (χ0) is 13.1. The first-order chi connectivity index (χ1) is 9.27. The fourth-order valence-corrected chi connectivity index (χ4v) is 3.49. The Labute approximate surface area is 115 Å². The molecule has 0 amide bonds. The van der Waals surface area contributed by atoms with Crippen molar-refractivity contribution in [2.24, 2.45) is 0 Å². The maximum absolute atomic E-state index is 4.37. The van der Waals surface area contributed by atoms with Crippen molar-refractivity contribution >= 4 is 0 Å². The van der Waals surface area contributed by atoms with Crippen molar-refractivity contribution in [1.82, 2.24) is 20.2 Å². The van der Waals surface area contributed by atoms with Gasteiger partial charge >= 0.3 is 0 Å². The lowest BCUT2D eigenvalue weighted by Gasteiger charge is -2.49. The van der Waals surface area contributed by atoms with Gasteiger partial charge in [0, 0.05) is 37.4 Å². The number of rotatable bonds is 2. The molecule has 1 atom stereocenters. The van der Waals surface area contributed by atoms with E-state index in [2.05, 4.69) is 27.1 Å². The van der Waals surface area contributed by atoms with E-state index in [1.54, 1.807) is 6.33 Å². The van der Waals surface area contributed by atoms with Gasteiger partial charge in [0.25, 0.3) is 0 Å². The molecule has 1 saturated heterocycles. The van der Waals surface area contributed by atoms with E-state index in [0.29, 0.717) is 11.6 Å². The Kier molecular flexibility index (Phi) is 3.80. The summed E-state index contributed by atoms with van der Waals surface area (Å²) in [5.41, 5.74) is 1.51. The Morgan fingerprint density at radius 2 is 2.21 bits per heavy atom. The van der Waals surface area contributed by atoms with Crippen LogP contribution in [0.3, 0.4) is 0 Å². The Morgan fingerprint density at radius 3 is 2.95 bits per heavy atom. The molecule has 1 aliphatic carbocycles. The molecule has 4 heteroatoms. The molecule has 0 radical (unpaired) electrons. The van der Waals surface area contributed by atoms with Gasteiger partial charge < -0.3 is 5.32 Å². The van der Waals surface area contributed by atoms with Gasteiger partial charge in [0.15, 0.2) is 0 Å². The lowest BCUT2D eigenvalue weighted by Crippen LogP contribution is -2.63. The number of hydrogen-bond donors (Lipinski definition) is 1. The summed E-state index contributed by atoms with van der Waals surface area (Å²) >= 11 is 0. The Hall–Kier alpha value is -1.00.